The number of carbonyl (C=O) groups excluding carboxylic acids is 3. The van der Waals surface area contributed by atoms with Gasteiger partial charge >= 0.3 is 6.09 Å². The summed E-state index contributed by atoms with van der Waals surface area (Å²) in [5, 5.41) is 4.77. The van der Waals surface area contributed by atoms with E-state index in [0.29, 0.717) is 54.0 Å². The van der Waals surface area contributed by atoms with E-state index in [9.17, 15) is 14.4 Å². The number of fused-ring (bicyclic) bond motifs is 5. The zero-order chi connectivity index (χ0) is 34.0. The number of Topliss-reactive ketones (excluding diaryl/α,β-unsaturated/α-hetero) is 1. The lowest BCUT2D eigenvalue weighted by Crippen LogP contribution is -2.48. The van der Waals surface area contributed by atoms with Gasteiger partial charge in [-0.1, -0.05) is 6.07 Å². The molecule has 3 aromatic heterocycles. The Morgan fingerprint density at radius 3 is 2.45 bits per heavy atom. The van der Waals surface area contributed by atoms with Gasteiger partial charge in [-0.15, -0.1) is 22.9 Å². The summed E-state index contributed by atoms with van der Waals surface area (Å²) in [6.45, 7) is 5.21. The SMILES string of the molecule is Cc1csc2c(OC(=O)N3CCN(C)CC3)cc3c(c12)[C@H](CCl)CN3C(=O)c1cc2cc(CC(=O)c3cc4cc(N)ccc4[nH]3)ccc2[nH]1. The lowest BCUT2D eigenvalue weighted by Gasteiger charge is -2.31. The Bertz CT molecular complexity index is 2300. The second-order valence-corrected chi connectivity index (χ2v) is 14.3. The van der Waals surface area contributed by atoms with E-state index in [1.54, 1.807) is 15.9 Å². The Morgan fingerprint density at radius 1 is 0.959 bits per heavy atom. The second kappa shape index (κ2) is 12.2. The van der Waals surface area contributed by atoms with Crippen LogP contribution in [0.2, 0.25) is 0 Å². The van der Waals surface area contributed by atoms with E-state index in [2.05, 4.69) is 20.2 Å². The van der Waals surface area contributed by atoms with Crippen molar-refractivity contribution in [2.75, 3.05) is 56.3 Å². The number of nitrogens with one attached hydrogen (secondary N) is 2. The van der Waals surface area contributed by atoms with Gasteiger partial charge in [0, 0.05) is 89.9 Å². The number of alkyl halides is 1. The summed E-state index contributed by atoms with van der Waals surface area (Å²) in [4.78, 5) is 52.8. The van der Waals surface area contributed by atoms with Crippen LogP contribution in [0.3, 0.4) is 0 Å². The van der Waals surface area contributed by atoms with Crippen LogP contribution in [0.5, 0.6) is 5.75 Å². The Morgan fingerprint density at radius 2 is 1.67 bits per heavy atom. The third kappa shape index (κ3) is 5.61. The molecule has 0 radical (unpaired) electrons. The molecule has 8 rings (SSSR count). The highest BCUT2D eigenvalue weighted by Gasteiger charge is 2.37. The number of aromatic nitrogens is 2. The lowest BCUT2D eigenvalue weighted by atomic mass is 9.97. The standard InChI is InChI=1S/C37H35ClN6O4S/c1-20-19-49-35-32(48-37(47)43-9-7-42(2)8-10-43)16-30-34(33(20)35)24(17-38)18-44(30)36(46)29-15-22-11-21(3-5-26(22)41-29)12-31(45)28-14-23-13-25(39)4-6-27(23)40-28/h3-6,11,13-16,19,24,40-41H,7-10,12,17-18,39H2,1-2H3/t24-/m1/s1. The third-order valence-corrected chi connectivity index (χ3v) is 11.2. The van der Waals surface area contributed by atoms with Crippen molar-refractivity contribution in [3.63, 3.8) is 0 Å². The first-order valence-electron chi connectivity index (χ1n) is 16.3. The Kier molecular flexibility index (Phi) is 7.85. The molecule has 4 N–H and O–H groups in total. The van der Waals surface area contributed by atoms with Crippen molar-refractivity contribution in [2.45, 2.75) is 19.3 Å². The molecule has 0 spiro atoms. The van der Waals surface area contributed by atoms with Gasteiger partial charge in [0.2, 0.25) is 0 Å². The number of ether oxygens (including phenoxy) is 1. The van der Waals surface area contributed by atoms with Crippen molar-refractivity contribution in [3.8, 4) is 5.75 Å². The number of hydrogen-bond donors (Lipinski definition) is 3. The third-order valence-electron chi connectivity index (χ3n) is 9.73. The molecule has 2 aliphatic rings. The van der Waals surface area contributed by atoms with Crippen molar-refractivity contribution in [1.82, 2.24) is 19.8 Å². The van der Waals surface area contributed by atoms with E-state index in [4.69, 9.17) is 22.1 Å². The number of hydrogen-bond acceptors (Lipinski definition) is 7. The van der Waals surface area contributed by atoms with Crippen LogP contribution in [-0.4, -0.2) is 83.2 Å². The van der Waals surface area contributed by atoms with Gasteiger partial charge in [-0.25, -0.2) is 4.79 Å². The van der Waals surface area contributed by atoms with E-state index >= 15 is 0 Å². The van der Waals surface area contributed by atoms with Crippen molar-refractivity contribution >= 4 is 84.0 Å². The predicted molar refractivity (Wildman–Crippen MR) is 196 cm³/mol. The maximum Gasteiger partial charge on any atom is 0.415 e. The molecule has 6 aromatic rings. The van der Waals surface area contributed by atoms with E-state index in [1.807, 2.05) is 62.5 Å². The lowest BCUT2D eigenvalue weighted by molar-refractivity contribution is 0.0978. The smallest absolute Gasteiger partial charge is 0.409 e. The minimum Gasteiger partial charge on any atom is -0.409 e. The van der Waals surface area contributed by atoms with Crippen molar-refractivity contribution in [3.05, 3.63) is 88.1 Å². The van der Waals surface area contributed by atoms with Crippen molar-refractivity contribution in [2.24, 2.45) is 0 Å². The normalized spacial score (nSPS) is 16.6. The van der Waals surface area contributed by atoms with Crippen LogP contribution in [0.15, 0.2) is 60.0 Å². The van der Waals surface area contributed by atoms with Gasteiger partial charge in [0.15, 0.2) is 11.5 Å². The molecular weight excluding hydrogens is 660 g/mol. The number of likely N-dealkylation sites (N-methyl/N-ethyl adjacent to an activating group) is 1. The van der Waals surface area contributed by atoms with Gasteiger partial charge in [0.05, 0.1) is 16.1 Å². The summed E-state index contributed by atoms with van der Waals surface area (Å²) in [6, 6.07) is 16.7. The van der Waals surface area contributed by atoms with Crippen LogP contribution in [0, 0.1) is 6.92 Å². The molecule has 12 heteroatoms. The van der Waals surface area contributed by atoms with Gasteiger partial charge in [-0.3, -0.25) is 9.59 Å². The molecular formula is C37H35ClN6O4S. The molecule has 2 aliphatic heterocycles. The van der Waals surface area contributed by atoms with E-state index in [0.717, 1.165) is 61.7 Å². The molecule has 3 aromatic carbocycles. The molecule has 10 nitrogen and oxygen atoms in total. The molecule has 0 aliphatic carbocycles. The molecule has 0 saturated carbocycles. The summed E-state index contributed by atoms with van der Waals surface area (Å²) in [7, 11) is 2.04. The number of amides is 2. The average molecular weight is 695 g/mol. The number of halogens is 1. The Hall–Kier alpha value is -4.84. The predicted octanol–water partition coefficient (Wildman–Crippen LogP) is 6.91. The van der Waals surface area contributed by atoms with Gasteiger partial charge in [-0.2, -0.15) is 0 Å². The Labute approximate surface area is 291 Å². The summed E-state index contributed by atoms with van der Waals surface area (Å²) in [5.41, 5.74) is 12.8. The number of nitrogens with zero attached hydrogens (tertiary/aromatic N) is 3. The van der Waals surface area contributed by atoms with Crippen molar-refractivity contribution in [1.29, 1.82) is 0 Å². The fraction of sp³-hybridized carbons (Fsp3) is 0.270. The molecule has 5 heterocycles. The summed E-state index contributed by atoms with van der Waals surface area (Å²) in [6.07, 6.45) is -0.181. The number of ketones is 1. The maximum absolute atomic E-state index is 14.2. The fourth-order valence-electron chi connectivity index (χ4n) is 7.08. The molecule has 2 amide bonds. The number of aryl methyl sites for hydroxylation is 1. The minimum absolute atomic E-state index is 0.0408. The number of thiophene rings is 1. The van der Waals surface area contributed by atoms with E-state index in [-0.39, 0.29) is 30.1 Å². The molecule has 0 bridgehead atoms. The summed E-state index contributed by atoms with van der Waals surface area (Å²) >= 11 is 8.07. The van der Waals surface area contributed by atoms with Crippen LogP contribution in [-0.2, 0) is 6.42 Å². The van der Waals surface area contributed by atoms with Crippen LogP contribution in [0.4, 0.5) is 16.2 Å². The zero-order valence-electron chi connectivity index (χ0n) is 27.1. The molecule has 49 heavy (non-hydrogen) atoms. The Balaban J connectivity index is 1.08. The van der Waals surface area contributed by atoms with Crippen LogP contribution in [0.1, 0.15) is 43.6 Å². The summed E-state index contributed by atoms with van der Waals surface area (Å²) in [5.74, 6) is 0.467. The summed E-state index contributed by atoms with van der Waals surface area (Å²) < 4.78 is 6.94. The van der Waals surface area contributed by atoms with Crippen LogP contribution < -0.4 is 15.4 Å². The minimum atomic E-state index is -0.385. The highest BCUT2D eigenvalue weighted by Crippen LogP contribution is 2.49. The van der Waals surface area contributed by atoms with E-state index < -0.39 is 0 Å². The fourth-order valence-corrected chi connectivity index (χ4v) is 8.35. The molecule has 1 fully saturated rings. The first kappa shape index (κ1) is 31.4. The average Bonchev–Trinajstić information content (AvgIpc) is 3.88. The number of carbonyl (C=O) groups is 3. The van der Waals surface area contributed by atoms with Crippen LogP contribution >= 0.6 is 22.9 Å². The molecule has 250 valence electrons. The molecule has 0 unspecified atom stereocenters. The number of aromatic amines is 2. The number of benzene rings is 3. The highest BCUT2D eigenvalue weighted by atomic mass is 35.5. The van der Waals surface area contributed by atoms with Gasteiger partial charge in [-0.05, 0) is 78.5 Å². The zero-order valence-corrected chi connectivity index (χ0v) is 28.7. The topological polar surface area (TPSA) is 128 Å². The van der Waals surface area contributed by atoms with Crippen molar-refractivity contribution < 1.29 is 19.1 Å². The van der Waals surface area contributed by atoms with Gasteiger partial charge in [0.25, 0.3) is 5.91 Å². The largest absolute Gasteiger partial charge is 0.415 e. The number of piperazine rings is 1. The number of nitrogen functional groups attached to an aromatic ring is 1. The number of nitrogens with two attached hydrogens (primary N) is 1. The number of H-pyrrole nitrogens is 2. The van der Waals surface area contributed by atoms with E-state index in [1.165, 1.54) is 11.3 Å². The highest BCUT2D eigenvalue weighted by molar-refractivity contribution is 7.17. The van der Waals surface area contributed by atoms with Gasteiger partial charge in [0.1, 0.15) is 5.69 Å². The molecule has 1 saturated heterocycles. The molecule has 1 atom stereocenters. The number of anilines is 2. The maximum atomic E-state index is 14.2. The number of rotatable bonds is 6. The first-order valence-corrected chi connectivity index (χ1v) is 17.7. The quantitative estimate of drug-likeness (QED) is 0.0988. The van der Waals surface area contributed by atoms with Gasteiger partial charge < -0.3 is 35.1 Å². The second-order valence-electron chi connectivity index (χ2n) is 13.1. The van der Waals surface area contributed by atoms with Crippen LogP contribution in [0.25, 0.3) is 31.9 Å². The first-order chi connectivity index (χ1) is 23.7. The monoisotopic (exact) mass is 694 g/mol.